The van der Waals surface area contributed by atoms with Gasteiger partial charge in [-0.3, -0.25) is 24.4 Å². The maximum absolute atomic E-state index is 11.4. The number of likely N-dealkylation sites (tertiary alicyclic amines) is 5. The number of methoxy groups -OCH3 is 1. The van der Waals surface area contributed by atoms with Crippen LogP contribution in [0.3, 0.4) is 0 Å². The number of rotatable bonds is 11. The van der Waals surface area contributed by atoms with E-state index in [1.807, 2.05) is 4.90 Å². The number of ether oxygens (including phenoxy) is 2. The van der Waals surface area contributed by atoms with Gasteiger partial charge in [-0.05, 0) is 207 Å². The van der Waals surface area contributed by atoms with Gasteiger partial charge in [0.15, 0.2) is 0 Å². The van der Waals surface area contributed by atoms with E-state index in [0.717, 1.165) is 148 Å². The molecule has 11 rings (SSSR count). The van der Waals surface area contributed by atoms with E-state index in [9.17, 15) is 26.4 Å². The van der Waals surface area contributed by atoms with E-state index in [1.54, 1.807) is 15.5 Å². The molecule has 0 saturated carbocycles. The van der Waals surface area contributed by atoms with Crippen LogP contribution in [0.2, 0.25) is 0 Å². The first-order valence-electron chi connectivity index (χ1n) is 36.7. The van der Waals surface area contributed by atoms with Crippen LogP contribution in [-0.4, -0.2) is 442 Å². The average Bonchev–Trinajstić information content (AvgIpc) is 1.75. The molecule has 11 aliphatic rings. The van der Waals surface area contributed by atoms with Crippen molar-refractivity contribution in [3.63, 3.8) is 0 Å². The van der Waals surface area contributed by atoms with Gasteiger partial charge in [0.25, 0.3) is 0 Å². The standard InChI is InChI=1S/C12H23N3O.2C11H23N3O2S.C10H20N2O.C8H16N2O2.2C8H18N2/c1-11(16)14-5-3-12(4-6-14)15-9-7-13(2)8-10-15;1-12-7-9-13(10-8-12)11-3-5-14(6-4-11)17(2,15)16;1-12-5-3-11(4-6-12)13-7-9-14(10-8-13)17(2,15)16;1-11-4-6-12(7-5-11)10-2-8-13-9-3-10;1-10-5-3-7(4-6-10)9-8(11)12-2;2*1-9(2)7-8-5-4-6-10(8)3/h12H,3-10H2,1-2H3;2*11H,3-10H2,1-2H3;10H,2-9H2,1H3;7H,3-6H2,1-2H3,(H,9,11);2*8H,4-7H2,1-3H3/t;;;;;2*8-/m.....10/s1. The Bertz CT molecular complexity index is 2190. The number of sulfonamides is 2. The molecule has 25 nitrogen and oxygen atoms in total. The third-order valence-corrected chi connectivity index (χ3v) is 24.4. The largest absolute Gasteiger partial charge is 0.453 e. The lowest BCUT2D eigenvalue weighted by molar-refractivity contribution is -0.130. The van der Waals surface area contributed by atoms with Gasteiger partial charge in [-0.15, -0.1) is 0 Å². The Labute approximate surface area is 580 Å². The van der Waals surface area contributed by atoms with Crippen LogP contribution in [0.15, 0.2) is 0 Å². The molecular weight excluding hydrogens is 1250 g/mol. The van der Waals surface area contributed by atoms with Crippen molar-refractivity contribution >= 4 is 32.0 Å². The lowest BCUT2D eigenvalue weighted by Gasteiger charge is -2.41. The molecule has 95 heavy (non-hydrogen) atoms. The lowest BCUT2D eigenvalue weighted by atomic mass is 10.0. The fourth-order valence-electron chi connectivity index (χ4n) is 15.1. The SMILES string of the molecule is CC(=O)N1CCC(N2CCN(C)CC2)CC1.CN(C)C[C@@H]1CCCN1C.CN(C)C[C@H]1CCCN1C.CN1CCC(N2CCN(S(C)(=O)=O)CC2)CC1.CN1CCN(C2CCN(S(C)(=O)=O)CC2)CC1.CN1CCN(C2CCOCC2)CC1.COC(=O)NC1CCN(C)CC1. The van der Waals surface area contributed by atoms with Crippen molar-refractivity contribution in [2.24, 2.45) is 0 Å². The Morgan fingerprint density at radius 2 is 0.716 bits per heavy atom. The fraction of sp³-hybridized carbons (Fsp3) is 0.971. The van der Waals surface area contributed by atoms with Gasteiger partial charge < -0.3 is 63.8 Å². The third kappa shape index (κ3) is 32.3. The molecule has 0 aliphatic carbocycles. The van der Waals surface area contributed by atoms with Gasteiger partial charge in [-0.25, -0.2) is 25.9 Å². The van der Waals surface area contributed by atoms with E-state index in [4.69, 9.17) is 4.74 Å². The second-order valence-corrected chi connectivity index (χ2v) is 34.0. The molecule has 2 amide bonds. The normalized spacial score (nSPS) is 26.7. The summed E-state index contributed by atoms with van der Waals surface area (Å²) in [6, 6.07) is 4.69. The second kappa shape index (κ2) is 43.7. The summed E-state index contributed by atoms with van der Waals surface area (Å²) in [5.41, 5.74) is 0. The number of carbonyl (C=O) groups excluding carboxylic acids is 2. The highest BCUT2D eigenvalue weighted by molar-refractivity contribution is 7.88. The van der Waals surface area contributed by atoms with Crippen molar-refractivity contribution in [3.05, 3.63) is 0 Å². The first-order valence-corrected chi connectivity index (χ1v) is 40.4. The summed E-state index contributed by atoms with van der Waals surface area (Å²) < 4.78 is 58.8. The minimum atomic E-state index is -2.99. The Morgan fingerprint density at radius 3 is 1.03 bits per heavy atom. The zero-order valence-corrected chi connectivity index (χ0v) is 64.5. The number of alkyl carbamates (subject to hydrolysis) is 1. The molecule has 2 atom stereocenters. The zero-order valence-electron chi connectivity index (χ0n) is 62.9. The summed E-state index contributed by atoms with van der Waals surface area (Å²) in [7, 11) is 19.3. The summed E-state index contributed by atoms with van der Waals surface area (Å²) in [5.74, 6) is 0.233. The number of nitrogens with zero attached hydrogens (tertiary/aromatic N) is 16. The van der Waals surface area contributed by atoms with Gasteiger partial charge in [0, 0.05) is 206 Å². The molecule has 11 fully saturated rings. The van der Waals surface area contributed by atoms with Crippen LogP contribution >= 0.6 is 0 Å². The van der Waals surface area contributed by atoms with Gasteiger partial charge in [-0.2, -0.15) is 4.31 Å². The summed E-state index contributed by atoms with van der Waals surface area (Å²) in [6.07, 6.45) is 19.1. The van der Waals surface area contributed by atoms with Gasteiger partial charge >= 0.3 is 6.09 Å². The molecule has 0 aromatic carbocycles. The van der Waals surface area contributed by atoms with E-state index in [-0.39, 0.29) is 12.0 Å². The lowest BCUT2D eigenvalue weighted by Crippen LogP contribution is -2.53. The summed E-state index contributed by atoms with van der Waals surface area (Å²) in [4.78, 5) is 55.5. The summed E-state index contributed by atoms with van der Waals surface area (Å²) in [6.45, 7) is 33.7. The molecule has 0 bridgehead atoms. The monoisotopic (exact) mass is 1390 g/mol. The Kier molecular flexibility index (Phi) is 38.5. The van der Waals surface area contributed by atoms with Crippen molar-refractivity contribution in [1.82, 2.24) is 82.5 Å². The molecule has 11 heterocycles. The Morgan fingerprint density at radius 1 is 0.411 bits per heavy atom. The van der Waals surface area contributed by atoms with E-state index in [1.165, 1.54) is 150 Å². The molecule has 27 heteroatoms. The first-order chi connectivity index (χ1) is 45.1. The first kappa shape index (κ1) is 83.7. The number of amides is 2. The predicted molar refractivity (Wildman–Crippen MR) is 389 cm³/mol. The quantitative estimate of drug-likeness (QED) is 0.315. The van der Waals surface area contributed by atoms with Crippen molar-refractivity contribution in [3.8, 4) is 0 Å². The second-order valence-electron chi connectivity index (χ2n) is 30.0. The Hall–Kier alpha value is -2.00. The number of carbonyl (C=O) groups is 2. The smallest absolute Gasteiger partial charge is 0.407 e. The van der Waals surface area contributed by atoms with Crippen molar-refractivity contribution < 1.29 is 35.9 Å². The highest BCUT2D eigenvalue weighted by atomic mass is 32.2. The number of piperidine rings is 4. The molecule has 558 valence electrons. The molecule has 1 N–H and O–H groups in total. The molecule has 0 spiro atoms. The summed E-state index contributed by atoms with van der Waals surface area (Å²) in [5, 5.41) is 2.80. The molecule has 11 saturated heterocycles. The molecule has 0 aromatic heterocycles. The maximum atomic E-state index is 11.4. The number of piperazine rings is 4. The topological polar surface area (TPSA) is 185 Å². The van der Waals surface area contributed by atoms with Crippen LogP contribution in [0.1, 0.15) is 96.8 Å². The van der Waals surface area contributed by atoms with Gasteiger partial charge in [-0.1, -0.05) is 0 Å². The fourth-order valence-corrected chi connectivity index (χ4v) is 16.8. The molecule has 11 aliphatic heterocycles. The van der Waals surface area contributed by atoms with E-state index >= 15 is 0 Å². The van der Waals surface area contributed by atoms with Crippen LogP contribution in [-0.2, 0) is 34.3 Å². The van der Waals surface area contributed by atoms with E-state index in [0.29, 0.717) is 50.3 Å². The van der Waals surface area contributed by atoms with Crippen molar-refractivity contribution in [2.45, 2.75) is 139 Å². The van der Waals surface area contributed by atoms with Crippen LogP contribution in [0, 0.1) is 0 Å². The van der Waals surface area contributed by atoms with E-state index in [2.05, 4.69) is 151 Å². The summed E-state index contributed by atoms with van der Waals surface area (Å²) >= 11 is 0. The van der Waals surface area contributed by atoms with E-state index < -0.39 is 20.0 Å². The Balaban J connectivity index is 0.000000203. The minimum absolute atomic E-state index is 0.233. The number of likely N-dealkylation sites (N-methyl/N-ethyl adjacent to an activating group) is 7. The number of nitrogens with one attached hydrogen (secondary N) is 1. The highest BCUT2D eigenvalue weighted by Gasteiger charge is 2.33. The van der Waals surface area contributed by atoms with Gasteiger partial charge in [0.2, 0.25) is 26.0 Å². The van der Waals surface area contributed by atoms with Gasteiger partial charge in [0.1, 0.15) is 0 Å². The van der Waals surface area contributed by atoms with Crippen LogP contribution in [0.5, 0.6) is 0 Å². The molecule has 0 aromatic rings. The highest BCUT2D eigenvalue weighted by Crippen LogP contribution is 2.23. The average molecular weight is 1390 g/mol. The predicted octanol–water partition coefficient (Wildman–Crippen LogP) is 1.69. The van der Waals surface area contributed by atoms with Crippen LogP contribution in [0.25, 0.3) is 0 Å². The molecule has 0 radical (unpaired) electrons. The minimum Gasteiger partial charge on any atom is -0.453 e. The van der Waals surface area contributed by atoms with Crippen molar-refractivity contribution in [2.75, 3.05) is 294 Å². The molecule has 0 unspecified atom stereocenters. The zero-order chi connectivity index (χ0) is 69.7. The van der Waals surface area contributed by atoms with Crippen LogP contribution < -0.4 is 5.32 Å². The molecular formula is C68H141N17O8S2. The van der Waals surface area contributed by atoms with Gasteiger partial charge in [0.05, 0.1) is 19.6 Å². The third-order valence-electron chi connectivity index (χ3n) is 21.8. The number of hydrogen-bond donors (Lipinski definition) is 1. The maximum Gasteiger partial charge on any atom is 0.407 e. The number of hydrogen-bond acceptors (Lipinski definition) is 21. The van der Waals surface area contributed by atoms with Crippen molar-refractivity contribution in [1.29, 1.82) is 0 Å². The van der Waals surface area contributed by atoms with Crippen LogP contribution in [0.4, 0.5) is 4.79 Å².